The molecule has 2 nitrogen and oxygen atoms in total. The largest absolute Gasteiger partial charge is 0.396 e. The van der Waals surface area contributed by atoms with Crippen LogP contribution in [0.15, 0.2) is 0 Å². The number of hydrogen-bond donors (Lipinski definition) is 1. The van der Waals surface area contributed by atoms with Crippen LogP contribution >= 0.6 is 11.8 Å². The first-order valence-corrected chi connectivity index (χ1v) is 5.23. The van der Waals surface area contributed by atoms with Gasteiger partial charge in [-0.1, -0.05) is 0 Å². The average Bonchev–Trinajstić information content (AvgIpc) is 1.96. The molecular weight excluding hydrogens is 160 g/mol. The highest BCUT2D eigenvalue weighted by Crippen LogP contribution is 2.02. The zero-order chi connectivity index (χ0) is 8.53. The summed E-state index contributed by atoms with van der Waals surface area (Å²) in [7, 11) is 0. The predicted octanol–water partition coefficient (Wildman–Crippen LogP) is 1.53. The first-order valence-electron chi connectivity index (χ1n) is 4.07. The van der Waals surface area contributed by atoms with Crippen LogP contribution in [-0.2, 0) is 4.74 Å². The maximum absolute atomic E-state index is 8.47. The van der Waals surface area contributed by atoms with Crippen molar-refractivity contribution in [2.24, 2.45) is 0 Å². The molecule has 68 valence electrons. The second-order valence-corrected chi connectivity index (χ2v) is 3.83. The summed E-state index contributed by atoms with van der Waals surface area (Å²) in [5.74, 6) is 2.08. The standard InChI is InChI=1S/C8H18O2S/c1-8(2)10-5-7-11-6-3-4-9/h8-9H,3-7H2,1-2H3. The molecule has 1 N–H and O–H groups in total. The van der Waals surface area contributed by atoms with Gasteiger partial charge in [0, 0.05) is 12.4 Å². The van der Waals surface area contributed by atoms with Crippen LogP contribution in [0.25, 0.3) is 0 Å². The highest BCUT2D eigenvalue weighted by molar-refractivity contribution is 7.99. The van der Waals surface area contributed by atoms with Crippen molar-refractivity contribution < 1.29 is 9.84 Å². The van der Waals surface area contributed by atoms with E-state index in [4.69, 9.17) is 9.84 Å². The van der Waals surface area contributed by atoms with Crippen LogP contribution in [-0.4, -0.2) is 35.9 Å². The van der Waals surface area contributed by atoms with Crippen LogP contribution < -0.4 is 0 Å². The molecule has 0 saturated carbocycles. The molecule has 0 unspecified atom stereocenters. The lowest BCUT2D eigenvalue weighted by Crippen LogP contribution is -2.05. The van der Waals surface area contributed by atoms with Crippen molar-refractivity contribution in [2.75, 3.05) is 24.7 Å². The van der Waals surface area contributed by atoms with Gasteiger partial charge in [0.1, 0.15) is 0 Å². The van der Waals surface area contributed by atoms with E-state index >= 15 is 0 Å². The van der Waals surface area contributed by atoms with Gasteiger partial charge in [-0.25, -0.2) is 0 Å². The van der Waals surface area contributed by atoms with Crippen molar-refractivity contribution in [2.45, 2.75) is 26.4 Å². The second-order valence-electron chi connectivity index (χ2n) is 2.61. The molecule has 0 saturated heterocycles. The Balaban J connectivity index is 2.80. The van der Waals surface area contributed by atoms with E-state index in [1.54, 1.807) is 0 Å². The molecule has 0 heterocycles. The normalized spacial score (nSPS) is 10.9. The van der Waals surface area contributed by atoms with Gasteiger partial charge < -0.3 is 9.84 Å². The highest BCUT2D eigenvalue weighted by Gasteiger charge is 1.92. The third kappa shape index (κ3) is 10.3. The Hall–Kier alpha value is 0.270. The fraction of sp³-hybridized carbons (Fsp3) is 1.00. The van der Waals surface area contributed by atoms with Crippen LogP contribution in [0.4, 0.5) is 0 Å². The lowest BCUT2D eigenvalue weighted by Gasteiger charge is -2.06. The van der Waals surface area contributed by atoms with Crippen molar-refractivity contribution >= 4 is 11.8 Å². The number of ether oxygens (including phenoxy) is 1. The smallest absolute Gasteiger partial charge is 0.0560 e. The van der Waals surface area contributed by atoms with E-state index in [1.807, 2.05) is 25.6 Å². The third-order valence-electron chi connectivity index (χ3n) is 1.13. The summed E-state index contributed by atoms with van der Waals surface area (Å²) in [6.07, 6.45) is 1.24. The first-order chi connectivity index (χ1) is 5.27. The number of aliphatic hydroxyl groups excluding tert-OH is 1. The molecular formula is C8H18O2S. The maximum atomic E-state index is 8.47. The SMILES string of the molecule is CC(C)OCCSCCCO. The lowest BCUT2D eigenvalue weighted by molar-refractivity contribution is 0.0920. The van der Waals surface area contributed by atoms with Gasteiger partial charge in [0.2, 0.25) is 0 Å². The lowest BCUT2D eigenvalue weighted by atomic mass is 10.5. The molecule has 0 aromatic heterocycles. The van der Waals surface area contributed by atoms with Crippen molar-refractivity contribution in [3.8, 4) is 0 Å². The molecule has 0 rings (SSSR count). The quantitative estimate of drug-likeness (QED) is 0.599. The first kappa shape index (κ1) is 11.3. The number of thioether (sulfide) groups is 1. The molecule has 0 bridgehead atoms. The minimum Gasteiger partial charge on any atom is -0.396 e. The molecule has 0 aromatic carbocycles. The molecule has 0 atom stereocenters. The summed E-state index contributed by atoms with van der Waals surface area (Å²) in [6.45, 7) is 5.21. The van der Waals surface area contributed by atoms with E-state index < -0.39 is 0 Å². The van der Waals surface area contributed by atoms with Crippen LogP contribution in [0.5, 0.6) is 0 Å². The van der Waals surface area contributed by atoms with Crippen molar-refractivity contribution in [1.29, 1.82) is 0 Å². The Morgan fingerprint density at radius 1 is 1.36 bits per heavy atom. The summed E-state index contributed by atoms with van der Waals surface area (Å²) in [4.78, 5) is 0. The van der Waals surface area contributed by atoms with Gasteiger partial charge in [0.15, 0.2) is 0 Å². The Bertz CT molecular complexity index is 76.5. The van der Waals surface area contributed by atoms with Crippen LogP contribution in [0.2, 0.25) is 0 Å². The molecule has 0 amide bonds. The van der Waals surface area contributed by atoms with E-state index in [0.29, 0.717) is 12.7 Å². The van der Waals surface area contributed by atoms with E-state index in [-0.39, 0.29) is 0 Å². The number of aliphatic hydroxyl groups is 1. The summed E-state index contributed by atoms with van der Waals surface area (Å²) in [6, 6.07) is 0. The Kier molecular flexibility index (Phi) is 8.57. The van der Waals surface area contributed by atoms with Gasteiger partial charge >= 0.3 is 0 Å². The van der Waals surface area contributed by atoms with Crippen LogP contribution in [0, 0.1) is 0 Å². The van der Waals surface area contributed by atoms with E-state index in [1.165, 1.54) is 0 Å². The zero-order valence-corrected chi connectivity index (χ0v) is 8.19. The summed E-state index contributed by atoms with van der Waals surface area (Å²) < 4.78 is 5.34. The molecule has 0 aliphatic rings. The minimum atomic E-state index is 0.304. The van der Waals surface area contributed by atoms with Crippen LogP contribution in [0.3, 0.4) is 0 Å². The predicted molar refractivity (Wildman–Crippen MR) is 50.1 cm³/mol. The monoisotopic (exact) mass is 178 g/mol. The summed E-state index contributed by atoms with van der Waals surface area (Å²) in [5.41, 5.74) is 0. The van der Waals surface area contributed by atoms with Crippen molar-refractivity contribution in [1.82, 2.24) is 0 Å². The van der Waals surface area contributed by atoms with Gasteiger partial charge in [-0.2, -0.15) is 11.8 Å². The van der Waals surface area contributed by atoms with Crippen molar-refractivity contribution in [3.63, 3.8) is 0 Å². The van der Waals surface area contributed by atoms with Crippen molar-refractivity contribution in [3.05, 3.63) is 0 Å². The average molecular weight is 178 g/mol. The molecule has 0 fully saturated rings. The molecule has 3 heteroatoms. The van der Waals surface area contributed by atoms with Gasteiger partial charge in [0.05, 0.1) is 12.7 Å². The Morgan fingerprint density at radius 2 is 2.09 bits per heavy atom. The minimum absolute atomic E-state index is 0.304. The molecule has 0 radical (unpaired) electrons. The molecule has 0 spiro atoms. The van der Waals surface area contributed by atoms with Gasteiger partial charge in [-0.3, -0.25) is 0 Å². The number of rotatable bonds is 7. The van der Waals surface area contributed by atoms with Gasteiger partial charge in [-0.15, -0.1) is 0 Å². The Morgan fingerprint density at radius 3 is 2.64 bits per heavy atom. The number of hydrogen-bond acceptors (Lipinski definition) is 3. The van der Waals surface area contributed by atoms with E-state index in [2.05, 4.69) is 0 Å². The third-order valence-corrected chi connectivity index (χ3v) is 2.16. The zero-order valence-electron chi connectivity index (χ0n) is 7.38. The molecule has 0 aromatic rings. The van der Waals surface area contributed by atoms with Gasteiger partial charge in [0.25, 0.3) is 0 Å². The maximum Gasteiger partial charge on any atom is 0.0560 e. The molecule has 11 heavy (non-hydrogen) atoms. The van der Waals surface area contributed by atoms with Gasteiger partial charge in [-0.05, 0) is 26.0 Å². The molecule has 0 aliphatic carbocycles. The van der Waals surface area contributed by atoms with E-state index in [9.17, 15) is 0 Å². The Labute approximate surface area is 73.3 Å². The highest BCUT2D eigenvalue weighted by atomic mass is 32.2. The fourth-order valence-electron chi connectivity index (χ4n) is 0.611. The molecule has 0 aliphatic heterocycles. The topological polar surface area (TPSA) is 29.5 Å². The van der Waals surface area contributed by atoms with Crippen LogP contribution in [0.1, 0.15) is 20.3 Å². The summed E-state index contributed by atoms with van der Waals surface area (Å²) >= 11 is 1.83. The fourth-order valence-corrected chi connectivity index (χ4v) is 1.36. The summed E-state index contributed by atoms with van der Waals surface area (Å²) in [5, 5.41) is 8.47. The second kappa shape index (κ2) is 8.37. The van der Waals surface area contributed by atoms with E-state index in [0.717, 1.165) is 24.5 Å².